The van der Waals surface area contributed by atoms with Gasteiger partial charge in [0.1, 0.15) is 0 Å². The molecule has 0 bridgehead atoms. The lowest BCUT2D eigenvalue weighted by Gasteiger charge is -2.07. The van der Waals surface area contributed by atoms with Crippen molar-refractivity contribution in [2.75, 3.05) is 0 Å². The van der Waals surface area contributed by atoms with E-state index in [2.05, 4.69) is 18.4 Å². The summed E-state index contributed by atoms with van der Waals surface area (Å²) in [5.41, 5.74) is 2.03. The molecule has 16 heavy (non-hydrogen) atoms. The smallest absolute Gasteiger partial charge is 0.0702 e. The van der Waals surface area contributed by atoms with Gasteiger partial charge in [0.15, 0.2) is 0 Å². The third-order valence-corrected chi connectivity index (χ3v) is 2.82. The van der Waals surface area contributed by atoms with Gasteiger partial charge >= 0.3 is 0 Å². The Morgan fingerprint density at radius 1 is 1.38 bits per heavy atom. The number of aromatic nitrogens is 1. The highest BCUT2D eigenvalue weighted by atomic mass is 35.5. The first kappa shape index (κ1) is 11.5. The zero-order valence-corrected chi connectivity index (χ0v) is 10.3. The molecule has 0 amide bonds. The molecular weight excluding hydrogens is 222 g/mol. The Labute approximate surface area is 100 Å². The molecule has 0 saturated carbocycles. The Morgan fingerprint density at radius 3 is 2.75 bits per heavy atom. The van der Waals surface area contributed by atoms with Crippen LogP contribution in [0.4, 0.5) is 0 Å². The van der Waals surface area contributed by atoms with Gasteiger partial charge in [-0.15, -0.1) is 0 Å². The monoisotopic (exact) mass is 236 g/mol. The summed E-state index contributed by atoms with van der Waals surface area (Å²) in [5, 5.41) is 11.1. The number of halogens is 1. The third-order valence-electron chi connectivity index (χ3n) is 2.58. The van der Waals surface area contributed by atoms with E-state index in [1.807, 2.05) is 24.4 Å². The predicted molar refractivity (Wildman–Crippen MR) is 67.5 cm³/mol. The topological polar surface area (TPSA) is 25.2 Å². The number of fused-ring (bicyclic) bond motifs is 1. The van der Waals surface area contributed by atoms with Gasteiger partial charge in [0.05, 0.1) is 6.61 Å². The Kier molecular flexibility index (Phi) is 3.22. The number of aliphatic hydroxyl groups is 1. The molecule has 3 heteroatoms. The molecule has 1 N–H and O–H groups in total. The molecule has 85 valence electrons. The number of aliphatic hydroxyl groups excluding tert-OH is 1. The van der Waals surface area contributed by atoms with Crippen LogP contribution >= 0.6 is 11.6 Å². The summed E-state index contributed by atoms with van der Waals surface area (Å²) in [5.74, 6) is 1.32. The van der Waals surface area contributed by atoms with E-state index in [-0.39, 0.29) is 6.61 Å². The zero-order chi connectivity index (χ0) is 11.7. The minimum atomic E-state index is 0.0634. The summed E-state index contributed by atoms with van der Waals surface area (Å²) >= 11 is 6.00. The SMILES string of the molecule is C[C](C)Cn1cc(CO)c2ccc(Cl)cc21. The van der Waals surface area contributed by atoms with Crippen molar-refractivity contribution in [3.63, 3.8) is 0 Å². The summed E-state index contributed by atoms with van der Waals surface area (Å²) < 4.78 is 2.13. The minimum absolute atomic E-state index is 0.0634. The van der Waals surface area contributed by atoms with Gasteiger partial charge < -0.3 is 9.67 Å². The molecule has 2 nitrogen and oxygen atoms in total. The van der Waals surface area contributed by atoms with Gasteiger partial charge in [0.2, 0.25) is 0 Å². The molecule has 0 saturated heterocycles. The van der Waals surface area contributed by atoms with Crippen LogP contribution in [0.3, 0.4) is 0 Å². The van der Waals surface area contributed by atoms with E-state index in [9.17, 15) is 5.11 Å². The first-order valence-electron chi connectivity index (χ1n) is 5.29. The van der Waals surface area contributed by atoms with Gasteiger partial charge in [-0.25, -0.2) is 0 Å². The molecule has 2 aromatic rings. The van der Waals surface area contributed by atoms with Crippen LogP contribution in [0.15, 0.2) is 24.4 Å². The molecule has 0 spiro atoms. The van der Waals surface area contributed by atoms with E-state index in [0.29, 0.717) is 0 Å². The first-order valence-corrected chi connectivity index (χ1v) is 5.67. The predicted octanol–water partition coefficient (Wildman–Crippen LogP) is 3.40. The average molecular weight is 237 g/mol. The van der Waals surface area contributed by atoms with Crippen molar-refractivity contribution < 1.29 is 5.11 Å². The van der Waals surface area contributed by atoms with Crippen LogP contribution in [0.2, 0.25) is 5.02 Å². The van der Waals surface area contributed by atoms with Crippen molar-refractivity contribution in [3.05, 3.63) is 40.9 Å². The quantitative estimate of drug-likeness (QED) is 0.868. The fourth-order valence-electron chi connectivity index (χ4n) is 1.94. The molecule has 0 unspecified atom stereocenters. The van der Waals surface area contributed by atoms with Crippen molar-refractivity contribution in [1.29, 1.82) is 0 Å². The van der Waals surface area contributed by atoms with Crippen LogP contribution in [0.25, 0.3) is 10.9 Å². The van der Waals surface area contributed by atoms with Gasteiger partial charge in [0, 0.05) is 34.2 Å². The maximum atomic E-state index is 9.30. The van der Waals surface area contributed by atoms with E-state index in [1.165, 1.54) is 5.92 Å². The second kappa shape index (κ2) is 4.48. The lowest BCUT2D eigenvalue weighted by Crippen LogP contribution is -2.00. The molecule has 0 fully saturated rings. The average Bonchev–Trinajstić information content (AvgIpc) is 2.55. The van der Waals surface area contributed by atoms with Gasteiger partial charge in [-0.05, 0) is 18.1 Å². The van der Waals surface area contributed by atoms with Crippen molar-refractivity contribution >= 4 is 22.5 Å². The van der Waals surface area contributed by atoms with Gasteiger partial charge in [-0.3, -0.25) is 0 Å². The molecule has 1 aromatic heterocycles. The number of rotatable bonds is 3. The molecule has 0 aliphatic heterocycles. The van der Waals surface area contributed by atoms with E-state index in [1.54, 1.807) is 0 Å². The summed E-state index contributed by atoms with van der Waals surface area (Å²) in [4.78, 5) is 0. The standard InChI is InChI=1S/C13H15ClNO/c1-9(2)6-15-7-10(8-16)12-4-3-11(14)5-13(12)15/h3-5,7,16H,6,8H2,1-2H3. The molecule has 1 heterocycles. The van der Waals surface area contributed by atoms with Crippen LogP contribution in [0, 0.1) is 5.92 Å². The van der Waals surface area contributed by atoms with Crippen LogP contribution in [0.5, 0.6) is 0 Å². The maximum absolute atomic E-state index is 9.30. The van der Waals surface area contributed by atoms with Gasteiger partial charge in [-0.2, -0.15) is 0 Å². The van der Waals surface area contributed by atoms with Crippen molar-refractivity contribution in [3.8, 4) is 0 Å². The van der Waals surface area contributed by atoms with Crippen molar-refractivity contribution in [2.45, 2.75) is 27.0 Å². The molecule has 0 atom stereocenters. The summed E-state index contributed by atoms with van der Waals surface area (Å²) in [6, 6.07) is 5.76. The second-order valence-electron chi connectivity index (χ2n) is 4.31. The Bertz CT molecular complexity index is 502. The van der Waals surface area contributed by atoms with Crippen molar-refractivity contribution in [1.82, 2.24) is 4.57 Å². The molecule has 0 aliphatic carbocycles. The van der Waals surface area contributed by atoms with Crippen LogP contribution in [0.1, 0.15) is 19.4 Å². The Hall–Kier alpha value is -0.990. The number of benzene rings is 1. The highest BCUT2D eigenvalue weighted by molar-refractivity contribution is 6.31. The van der Waals surface area contributed by atoms with E-state index >= 15 is 0 Å². The fourth-order valence-corrected chi connectivity index (χ4v) is 2.11. The lowest BCUT2D eigenvalue weighted by atomic mass is 10.2. The normalized spacial score (nSPS) is 11.6. The maximum Gasteiger partial charge on any atom is 0.0702 e. The molecule has 1 radical (unpaired) electrons. The van der Waals surface area contributed by atoms with E-state index in [4.69, 9.17) is 11.6 Å². The Balaban J connectivity index is 2.59. The molecule has 0 aliphatic rings. The first-order chi connectivity index (χ1) is 7.61. The summed E-state index contributed by atoms with van der Waals surface area (Å²) in [6.07, 6.45) is 1.99. The summed E-state index contributed by atoms with van der Waals surface area (Å²) in [7, 11) is 0. The largest absolute Gasteiger partial charge is 0.392 e. The number of nitrogens with zero attached hydrogens (tertiary/aromatic N) is 1. The van der Waals surface area contributed by atoms with Gasteiger partial charge in [-0.1, -0.05) is 31.5 Å². The molecular formula is C13H15ClNO. The molecule has 2 rings (SSSR count). The summed E-state index contributed by atoms with van der Waals surface area (Å²) in [6.45, 7) is 5.11. The molecule has 1 aromatic carbocycles. The van der Waals surface area contributed by atoms with Crippen LogP contribution in [-0.4, -0.2) is 9.67 Å². The highest BCUT2D eigenvalue weighted by Crippen LogP contribution is 2.25. The highest BCUT2D eigenvalue weighted by Gasteiger charge is 2.09. The van der Waals surface area contributed by atoms with Crippen LogP contribution < -0.4 is 0 Å². The van der Waals surface area contributed by atoms with Gasteiger partial charge in [0.25, 0.3) is 0 Å². The Morgan fingerprint density at radius 2 is 2.12 bits per heavy atom. The lowest BCUT2D eigenvalue weighted by molar-refractivity contribution is 0.283. The fraction of sp³-hybridized carbons (Fsp3) is 0.308. The second-order valence-corrected chi connectivity index (χ2v) is 4.75. The third kappa shape index (κ3) is 2.08. The van der Waals surface area contributed by atoms with E-state index < -0.39 is 0 Å². The minimum Gasteiger partial charge on any atom is -0.392 e. The number of hydrogen-bond acceptors (Lipinski definition) is 1. The van der Waals surface area contributed by atoms with Crippen LogP contribution in [-0.2, 0) is 13.2 Å². The van der Waals surface area contributed by atoms with E-state index in [0.717, 1.165) is 28.0 Å². The zero-order valence-electron chi connectivity index (χ0n) is 9.50. The van der Waals surface area contributed by atoms with Crippen molar-refractivity contribution in [2.24, 2.45) is 0 Å². The number of hydrogen-bond donors (Lipinski definition) is 1.